The molecule has 7 heteroatoms. The third-order valence-electron chi connectivity index (χ3n) is 3.67. The summed E-state index contributed by atoms with van der Waals surface area (Å²) in [5, 5.41) is 11.5. The summed E-state index contributed by atoms with van der Waals surface area (Å²) in [4.78, 5) is 1.57. The molecule has 0 amide bonds. The van der Waals surface area contributed by atoms with Crippen LogP contribution in [0.4, 0.5) is 0 Å². The van der Waals surface area contributed by atoms with Crippen LogP contribution in [0.15, 0.2) is 36.5 Å². The lowest BCUT2D eigenvalue weighted by atomic mass is 10.2. The van der Waals surface area contributed by atoms with E-state index < -0.39 is 9.84 Å². The van der Waals surface area contributed by atoms with Crippen LogP contribution < -0.4 is 5.32 Å². The molecule has 1 aromatic carbocycles. The minimum Gasteiger partial charge on any atom is -0.310 e. The summed E-state index contributed by atoms with van der Waals surface area (Å²) in [5.41, 5.74) is 1.70. The summed E-state index contributed by atoms with van der Waals surface area (Å²) in [5.74, 6) is 0.323. The fourth-order valence-electron chi connectivity index (χ4n) is 2.51. The Bertz CT molecular complexity index is 697. The fourth-order valence-corrected chi connectivity index (χ4v) is 4.31. The van der Waals surface area contributed by atoms with E-state index in [0.717, 1.165) is 24.2 Å². The number of sulfone groups is 1. The van der Waals surface area contributed by atoms with Crippen molar-refractivity contribution in [2.24, 2.45) is 0 Å². The number of nitrogens with one attached hydrogen (secondary N) is 1. The smallest absolute Gasteiger partial charge is 0.154 e. The van der Waals surface area contributed by atoms with Crippen LogP contribution in [0.1, 0.15) is 18.5 Å². The Hall–Kier alpha value is -1.73. The number of aromatic nitrogens is 3. The molecule has 1 aromatic heterocycles. The summed E-state index contributed by atoms with van der Waals surface area (Å²) >= 11 is 0. The van der Waals surface area contributed by atoms with Crippen molar-refractivity contribution in [1.82, 2.24) is 20.3 Å². The first kappa shape index (κ1) is 14.2. The van der Waals surface area contributed by atoms with E-state index in [4.69, 9.17) is 0 Å². The highest BCUT2D eigenvalue weighted by Gasteiger charge is 2.30. The molecule has 1 fully saturated rings. The Balaban J connectivity index is 1.56. The normalized spacial score (nSPS) is 20.7. The van der Waals surface area contributed by atoms with Crippen LogP contribution in [0, 0.1) is 0 Å². The Kier molecular flexibility index (Phi) is 4.03. The topological polar surface area (TPSA) is 76.9 Å². The molecule has 1 unspecified atom stereocenters. The molecule has 0 aliphatic carbocycles. The van der Waals surface area contributed by atoms with E-state index in [1.54, 1.807) is 11.0 Å². The highest BCUT2D eigenvalue weighted by atomic mass is 32.2. The predicted octanol–water partition coefficient (Wildman–Crippen LogP) is 0.934. The second-order valence-electron chi connectivity index (χ2n) is 5.22. The van der Waals surface area contributed by atoms with Crippen molar-refractivity contribution in [1.29, 1.82) is 0 Å². The van der Waals surface area contributed by atoms with Crippen LogP contribution in [-0.4, -0.2) is 41.0 Å². The summed E-state index contributed by atoms with van der Waals surface area (Å²) in [7, 11) is -2.88. The molecule has 0 saturated carbocycles. The average Bonchev–Trinajstić information content (AvgIpc) is 3.07. The molecule has 2 heterocycles. The van der Waals surface area contributed by atoms with Gasteiger partial charge in [-0.25, -0.2) is 8.42 Å². The molecule has 6 nitrogen and oxygen atoms in total. The van der Waals surface area contributed by atoms with Crippen molar-refractivity contribution in [3.8, 4) is 5.69 Å². The number of rotatable bonds is 5. The molecule has 2 aromatic rings. The molecule has 3 rings (SSSR count). The SMILES string of the molecule is O=S1(=O)CCCC1CNCc1cnn(-c2ccccc2)n1. The lowest BCUT2D eigenvalue weighted by Gasteiger charge is -2.09. The first-order chi connectivity index (χ1) is 10.1. The molecule has 1 N–H and O–H groups in total. The Morgan fingerprint density at radius 3 is 2.81 bits per heavy atom. The van der Waals surface area contributed by atoms with E-state index in [1.807, 2.05) is 30.3 Å². The lowest BCUT2D eigenvalue weighted by Crippen LogP contribution is -2.30. The Morgan fingerprint density at radius 2 is 2.10 bits per heavy atom. The molecule has 21 heavy (non-hydrogen) atoms. The van der Waals surface area contributed by atoms with E-state index in [-0.39, 0.29) is 5.25 Å². The summed E-state index contributed by atoms with van der Waals surface area (Å²) in [6.07, 6.45) is 3.23. The Labute approximate surface area is 124 Å². The zero-order chi connectivity index (χ0) is 14.7. The van der Waals surface area contributed by atoms with Gasteiger partial charge in [0.05, 0.1) is 28.6 Å². The number of hydrogen-bond acceptors (Lipinski definition) is 5. The van der Waals surface area contributed by atoms with Gasteiger partial charge in [-0.2, -0.15) is 15.0 Å². The van der Waals surface area contributed by atoms with Gasteiger partial charge in [0, 0.05) is 13.1 Å². The quantitative estimate of drug-likeness (QED) is 0.889. The first-order valence-corrected chi connectivity index (χ1v) is 8.76. The van der Waals surface area contributed by atoms with Gasteiger partial charge in [0.1, 0.15) is 0 Å². The average molecular weight is 306 g/mol. The highest BCUT2D eigenvalue weighted by molar-refractivity contribution is 7.92. The van der Waals surface area contributed by atoms with Gasteiger partial charge in [-0.1, -0.05) is 18.2 Å². The molecular weight excluding hydrogens is 288 g/mol. The van der Waals surface area contributed by atoms with Crippen molar-refractivity contribution in [2.45, 2.75) is 24.6 Å². The molecule has 0 spiro atoms. The maximum absolute atomic E-state index is 11.7. The molecule has 112 valence electrons. The molecule has 1 atom stereocenters. The summed E-state index contributed by atoms with van der Waals surface area (Å²) in [6, 6.07) is 9.67. The van der Waals surface area contributed by atoms with E-state index >= 15 is 0 Å². The van der Waals surface area contributed by atoms with Gasteiger partial charge in [-0.05, 0) is 25.0 Å². The van der Waals surface area contributed by atoms with Crippen molar-refractivity contribution >= 4 is 9.84 Å². The monoisotopic (exact) mass is 306 g/mol. The number of nitrogens with zero attached hydrogens (tertiary/aromatic N) is 3. The third-order valence-corrected chi connectivity index (χ3v) is 5.94. The van der Waals surface area contributed by atoms with E-state index in [0.29, 0.717) is 18.8 Å². The van der Waals surface area contributed by atoms with Crippen molar-refractivity contribution in [2.75, 3.05) is 12.3 Å². The zero-order valence-electron chi connectivity index (χ0n) is 11.6. The van der Waals surface area contributed by atoms with Crippen LogP contribution in [0.25, 0.3) is 5.69 Å². The maximum Gasteiger partial charge on any atom is 0.154 e. The van der Waals surface area contributed by atoms with Gasteiger partial charge in [-0.15, -0.1) is 0 Å². The molecular formula is C14H18N4O2S. The van der Waals surface area contributed by atoms with Gasteiger partial charge in [0.15, 0.2) is 9.84 Å². The summed E-state index contributed by atoms with van der Waals surface area (Å²) < 4.78 is 23.4. The lowest BCUT2D eigenvalue weighted by molar-refractivity contribution is 0.571. The van der Waals surface area contributed by atoms with E-state index in [2.05, 4.69) is 15.5 Å². The van der Waals surface area contributed by atoms with E-state index in [1.165, 1.54) is 0 Å². The highest BCUT2D eigenvalue weighted by Crippen LogP contribution is 2.19. The molecule has 0 bridgehead atoms. The second-order valence-corrected chi connectivity index (χ2v) is 7.62. The molecule has 1 aliphatic heterocycles. The van der Waals surface area contributed by atoms with Crippen LogP contribution >= 0.6 is 0 Å². The minimum atomic E-state index is -2.88. The van der Waals surface area contributed by atoms with Gasteiger partial charge in [0.25, 0.3) is 0 Å². The number of para-hydroxylation sites is 1. The van der Waals surface area contributed by atoms with Gasteiger partial charge in [-0.3, -0.25) is 0 Å². The van der Waals surface area contributed by atoms with Crippen molar-refractivity contribution in [3.63, 3.8) is 0 Å². The second kappa shape index (κ2) is 5.95. The maximum atomic E-state index is 11.7. The predicted molar refractivity (Wildman–Crippen MR) is 79.9 cm³/mol. The van der Waals surface area contributed by atoms with Gasteiger partial charge in [0.2, 0.25) is 0 Å². The fraction of sp³-hybridized carbons (Fsp3) is 0.429. The first-order valence-electron chi connectivity index (χ1n) is 7.04. The zero-order valence-corrected chi connectivity index (χ0v) is 12.5. The number of benzene rings is 1. The van der Waals surface area contributed by atoms with E-state index in [9.17, 15) is 8.42 Å². The molecule has 1 aliphatic rings. The van der Waals surface area contributed by atoms with Crippen molar-refractivity contribution in [3.05, 3.63) is 42.2 Å². The van der Waals surface area contributed by atoms with Crippen LogP contribution in [0.5, 0.6) is 0 Å². The Morgan fingerprint density at radius 1 is 1.29 bits per heavy atom. The van der Waals surface area contributed by atoms with Crippen LogP contribution in [-0.2, 0) is 16.4 Å². The summed E-state index contributed by atoms with van der Waals surface area (Å²) in [6.45, 7) is 1.01. The minimum absolute atomic E-state index is 0.248. The molecule has 1 saturated heterocycles. The van der Waals surface area contributed by atoms with Crippen LogP contribution in [0.2, 0.25) is 0 Å². The number of hydrogen-bond donors (Lipinski definition) is 1. The molecule has 0 radical (unpaired) electrons. The van der Waals surface area contributed by atoms with Gasteiger partial charge < -0.3 is 5.32 Å². The third kappa shape index (κ3) is 3.30. The standard InChI is InChI=1S/C14H18N4O2S/c19-21(20)8-4-7-14(21)11-15-9-12-10-16-18(17-12)13-5-2-1-3-6-13/h1-3,5-6,10,14-15H,4,7-9,11H2. The van der Waals surface area contributed by atoms with Gasteiger partial charge >= 0.3 is 0 Å². The largest absolute Gasteiger partial charge is 0.310 e. The van der Waals surface area contributed by atoms with Crippen molar-refractivity contribution < 1.29 is 8.42 Å². The van der Waals surface area contributed by atoms with Crippen LogP contribution in [0.3, 0.4) is 0 Å².